The molecule has 2 aliphatic heterocycles. The second-order valence-electron chi connectivity index (χ2n) is 17.6. The van der Waals surface area contributed by atoms with Gasteiger partial charge in [0.05, 0.1) is 44.7 Å². The average molecular weight is 825 g/mol. The number of para-hydroxylation sites is 4. The van der Waals surface area contributed by atoms with E-state index in [1.54, 1.807) is 0 Å². The minimum Gasteiger partial charge on any atom is -0.309 e. The molecule has 1 aliphatic carbocycles. The Labute approximate surface area is 375 Å². The van der Waals surface area contributed by atoms with Gasteiger partial charge in [0.2, 0.25) is 5.95 Å². The normalized spacial score (nSPS) is 13.6. The van der Waals surface area contributed by atoms with E-state index in [0.717, 1.165) is 33.2 Å². The van der Waals surface area contributed by atoms with Crippen LogP contribution in [0, 0.1) is 0 Å². The first-order valence-electron chi connectivity index (χ1n) is 22.4. The highest BCUT2D eigenvalue weighted by atomic mass is 15.2. The van der Waals surface area contributed by atoms with Crippen molar-refractivity contribution in [1.29, 1.82) is 0 Å². The van der Waals surface area contributed by atoms with Crippen molar-refractivity contribution < 1.29 is 0 Å². The number of aromatic nitrogens is 3. The molecule has 0 unspecified atom stereocenters. The zero-order chi connectivity index (χ0) is 42.4. The van der Waals surface area contributed by atoms with E-state index in [1.807, 2.05) is 6.07 Å². The van der Waals surface area contributed by atoms with Gasteiger partial charge < -0.3 is 4.90 Å². The van der Waals surface area contributed by atoms with Crippen LogP contribution in [0.5, 0.6) is 0 Å². The lowest BCUT2D eigenvalue weighted by molar-refractivity contribution is 0.753. The smallest absolute Gasteiger partial charge is 0.235 e. The standard InChI is InChI=1S/C61H36N4/c1-2-16-37(17-3-1)58-46-21-6-11-29-52(46)62-60(63-58)65-53-30-12-7-20-42(53)47-36-38(32-34-54(47)65)39-33-35-56-57-43(39)22-14-23-44(57)45-24-15-28-51-59(45)64(56)55-31-13-10-27-50(55)61(51)48-25-8-4-18-40(48)41-19-5-9-26-49(41)61/h1-36H. The second kappa shape index (κ2) is 12.7. The maximum absolute atomic E-state index is 5.32. The first-order chi connectivity index (χ1) is 32.3. The summed E-state index contributed by atoms with van der Waals surface area (Å²) in [4.78, 5) is 13.1. The van der Waals surface area contributed by atoms with Crippen LogP contribution in [-0.4, -0.2) is 14.5 Å². The van der Waals surface area contributed by atoms with Crippen LogP contribution in [0.25, 0.3) is 94.1 Å². The maximum atomic E-state index is 5.32. The SMILES string of the molecule is c1ccc(-c2nc(-n3c4ccccc4c4cc(-c5ccc6c7c(cccc57)-c5cccc7c5N6c5ccccc5C75c6ccccc6-c6ccccc65)ccc43)nc3ccccc23)cc1. The first-order valence-corrected chi connectivity index (χ1v) is 22.4. The molecule has 12 aromatic rings. The Morgan fingerprint density at radius 1 is 0.354 bits per heavy atom. The molecular formula is C61H36N4. The van der Waals surface area contributed by atoms with Gasteiger partial charge in [-0.25, -0.2) is 9.97 Å². The summed E-state index contributed by atoms with van der Waals surface area (Å²) in [6.45, 7) is 0. The summed E-state index contributed by atoms with van der Waals surface area (Å²) in [5, 5.41) is 5.88. The van der Waals surface area contributed by atoms with Crippen molar-refractivity contribution in [3.63, 3.8) is 0 Å². The van der Waals surface area contributed by atoms with Gasteiger partial charge in [-0.2, -0.15) is 0 Å². The number of hydrogen-bond acceptors (Lipinski definition) is 3. The summed E-state index contributed by atoms with van der Waals surface area (Å²) in [5.74, 6) is 0.661. The minimum atomic E-state index is -0.452. The van der Waals surface area contributed by atoms with E-state index in [-0.39, 0.29) is 0 Å². The molecule has 4 heterocycles. The number of rotatable bonds is 3. The minimum absolute atomic E-state index is 0.452. The van der Waals surface area contributed by atoms with Crippen molar-refractivity contribution in [3.05, 3.63) is 241 Å². The molecule has 0 saturated heterocycles. The van der Waals surface area contributed by atoms with Gasteiger partial charge in [-0.15, -0.1) is 0 Å². The first kappa shape index (κ1) is 34.9. The van der Waals surface area contributed by atoms with Crippen LogP contribution in [0.15, 0.2) is 218 Å². The molecule has 4 nitrogen and oxygen atoms in total. The Balaban J connectivity index is 0.952. The molecule has 300 valence electrons. The third-order valence-corrected chi connectivity index (χ3v) is 14.5. The number of hydrogen-bond donors (Lipinski definition) is 0. The number of nitrogens with zero attached hydrogens (tertiary/aromatic N) is 4. The predicted molar refractivity (Wildman–Crippen MR) is 267 cm³/mol. The molecule has 0 atom stereocenters. The lowest BCUT2D eigenvalue weighted by Gasteiger charge is -2.47. The van der Waals surface area contributed by atoms with E-state index in [9.17, 15) is 0 Å². The van der Waals surface area contributed by atoms with Crippen LogP contribution in [0.1, 0.15) is 22.3 Å². The highest BCUT2D eigenvalue weighted by molar-refractivity contribution is 6.20. The molecule has 2 aromatic heterocycles. The number of benzene rings is 10. The largest absolute Gasteiger partial charge is 0.309 e. The summed E-state index contributed by atoms with van der Waals surface area (Å²) in [7, 11) is 0. The molecule has 0 N–H and O–H groups in total. The van der Waals surface area contributed by atoms with Crippen LogP contribution in [0.3, 0.4) is 0 Å². The van der Waals surface area contributed by atoms with Gasteiger partial charge in [-0.3, -0.25) is 4.57 Å². The van der Waals surface area contributed by atoms with Gasteiger partial charge in [-0.05, 0) is 91.9 Å². The summed E-state index contributed by atoms with van der Waals surface area (Å²) >= 11 is 0. The predicted octanol–water partition coefficient (Wildman–Crippen LogP) is 15.3. The zero-order valence-electron chi connectivity index (χ0n) is 35.1. The lowest BCUT2D eigenvalue weighted by Crippen LogP contribution is -2.37. The highest BCUT2D eigenvalue weighted by Gasteiger charge is 2.52. The van der Waals surface area contributed by atoms with Crippen molar-refractivity contribution in [2.75, 3.05) is 4.90 Å². The quantitative estimate of drug-likeness (QED) is 0.178. The summed E-state index contributed by atoms with van der Waals surface area (Å²) < 4.78 is 2.24. The summed E-state index contributed by atoms with van der Waals surface area (Å²) in [6, 6.07) is 80.2. The molecule has 0 amide bonds. The fourth-order valence-corrected chi connectivity index (χ4v) is 12.0. The van der Waals surface area contributed by atoms with Crippen LogP contribution < -0.4 is 4.90 Å². The fraction of sp³-hybridized carbons (Fsp3) is 0.0164. The van der Waals surface area contributed by atoms with Crippen LogP contribution >= 0.6 is 0 Å². The van der Waals surface area contributed by atoms with Crippen molar-refractivity contribution in [1.82, 2.24) is 14.5 Å². The molecule has 4 heteroatoms. The van der Waals surface area contributed by atoms with Gasteiger partial charge in [-0.1, -0.05) is 182 Å². The molecule has 0 saturated carbocycles. The molecule has 10 aromatic carbocycles. The maximum Gasteiger partial charge on any atom is 0.235 e. The molecule has 3 aliphatic rings. The Kier molecular flexibility index (Phi) is 6.85. The van der Waals surface area contributed by atoms with E-state index >= 15 is 0 Å². The Morgan fingerprint density at radius 3 is 1.83 bits per heavy atom. The van der Waals surface area contributed by atoms with Crippen molar-refractivity contribution in [3.8, 4) is 50.6 Å². The third kappa shape index (κ3) is 4.45. The molecule has 15 rings (SSSR count). The Hall–Kier alpha value is -8.60. The van der Waals surface area contributed by atoms with Gasteiger partial charge in [0, 0.05) is 32.7 Å². The van der Waals surface area contributed by atoms with Crippen LogP contribution in [0.2, 0.25) is 0 Å². The molecule has 0 radical (unpaired) electrons. The third-order valence-electron chi connectivity index (χ3n) is 14.5. The van der Waals surface area contributed by atoms with E-state index in [0.29, 0.717) is 5.95 Å². The average Bonchev–Trinajstić information content (AvgIpc) is 3.86. The van der Waals surface area contributed by atoms with Gasteiger partial charge in [0.15, 0.2) is 0 Å². The topological polar surface area (TPSA) is 34.0 Å². The van der Waals surface area contributed by atoms with Gasteiger partial charge in [0.1, 0.15) is 0 Å². The van der Waals surface area contributed by atoms with Crippen molar-refractivity contribution in [2.24, 2.45) is 0 Å². The molecular weight excluding hydrogens is 789 g/mol. The number of anilines is 3. The molecule has 65 heavy (non-hydrogen) atoms. The van der Waals surface area contributed by atoms with E-state index in [1.165, 1.54) is 94.2 Å². The monoisotopic (exact) mass is 824 g/mol. The Morgan fingerprint density at radius 2 is 0.985 bits per heavy atom. The molecule has 0 fully saturated rings. The molecule has 0 bridgehead atoms. The van der Waals surface area contributed by atoms with Crippen molar-refractivity contribution in [2.45, 2.75) is 5.41 Å². The van der Waals surface area contributed by atoms with Crippen molar-refractivity contribution >= 4 is 60.5 Å². The number of fused-ring (bicyclic) bond motifs is 15. The van der Waals surface area contributed by atoms with Crippen LogP contribution in [-0.2, 0) is 5.41 Å². The van der Waals surface area contributed by atoms with E-state index in [2.05, 4.69) is 222 Å². The summed E-state index contributed by atoms with van der Waals surface area (Å²) in [6.07, 6.45) is 0. The Bertz CT molecular complexity index is 3980. The van der Waals surface area contributed by atoms with Crippen LogP contribution in [0.4, 0.5) is 17.1 Å². The highest BCUT2D eigenvalue weighted by Crippen LogP contribution is 2.66. The fourth-order valence-electron chi connectivity index (χ4n) is 12.0. The van der Waals surface area contributed by atoms with Gasteiger partial charge >= 0.3 is 0 Å². The van der Waals surface area contributed by atoms with E-state index in [4.69, 9.17) is 9.97 Å². The van der Waals surface area contributed by atoms with Gasteiger partial charge in [0.25, 0.3) is 0 Å². The second-order valence-corrected chi connectivity index (χ2v) is 17.6. The van der Waals surface area contributed by atoms with E-state index < -0.39 is 5.41 Å². The summed E-state index contributed by atoms with van der Waals surface area (Å²) in [5.41, 5.74) is 21.2. The zero-order valence-corrected chi connectivity index (χ0v) is 35.1. The molecule has 1 spiro atoms. The lowest BCUT2D eigenvalue weighted by atomic mass is 9.63.